The Hall–Kier alpha value is 0.240. The highest BCUT2D eigenvalue weighted by atomic mass is 32.7. The highest BCUT2D eigenvalue weighted by Crippen LogP contribution is 2.58. The zero-order valence-electron chi connectivity index (χ0n) is 16.0. The Labute approximate surface area is 154 Å². The maximum absolute atomic E-state index is 12.7. The maximum Gasteiger partial charge on any atom is 0.326 e. The van der Waals surface area contributed by atoms with Crippen LogP contribution < -0.4 is 0 Å². The molecule has 1 N–H and O–H groups in total. The van der Waals surface area contributed by atoms with Gasteiger partial charge in [-0.05, 0) is 32.1 Å². The Balaban J connectivity index is 4.22. The van der Waals surface area contributed by atoms with Crippen molar-refractivity contribution in [3.63, 3.8) is 0 Å². The van der Waals surface area contributed by atoms with Gasteiger partial charge in [0, 0.05) is 18.8 Å². The first-order valence-electron chi connectivity index (χ1n) is 9.92. The fraction of sp³-hybridized carbons (Fsp3) is 0.895. The van der Waals surface area contributed by atoms with Crippen LogP contribution in [-0.2, 0) is 4.57 Å². The second-order valence-electron chi connectivity index (χ2n) is 6.54. The van der Waals surface area contributed by atoms with Crippen LogP contribution in [0, 0.1) is 0 Å². The number of hydrogen-bond donors (Lipinski definition) is 1. The van der Waals surface area contributed by atoms with E-state index in [1.807, 2.05) is 10.7 Å². The molecule has 0 aliphatic rings. The minimum Gasteiger partial charge on any atom is -0.326 e. The molecule has 0 aromatic carbocycles. The molecule has 0 spiro atoms. The van der Waals surface area contributed by atoms with E-state index in [9.17, 15) is 9.46 Å². The Morgan fingerprint density at radius 2 is 1.46 bits per heavy atom. The quantitative estimate of drug-likeness (QED) is 0.158. The molecule has 0 fully saturated rings. The maximum atomic E-state index is 12.7. The van der Waals surface area contributed by atoms with Crippen LogP contribution in [0.1, 0.15) is 90.9 Å². The van der Waals surface area contributed by atoms with Crippen LogP contribution >= 0.6 is 18.1 Å². The van der Waals surface area contributed by atoms with Gasteiger partial charge in [0.05, 0.1) is 0 Å². The van der Waals surface area contributed by atoms with Crippen molar-refractivity contribution in [1.82, 2.24) is 4.67 Å². The molecule has 0 bridgehead atoms. The average molecular weight is 378 g/mol. The van der Waals surface area contributed by atoms with Crippen molar-refractivity contribution >= 4 is 18.1 Å². The van der Waals surface area contributed by atoms with Gasteiger partial charge in [0.2, 0.25) is 0 Å². The van der Waals surface area contributed by atoms with Crippen LogP contribution in [0.15, 0.2) is 12.7 Å². The molecule has 144 valence electrons. The molecule has 0 aromatic heterocycles. The lowest BCUT2D eigenvalue weighted by atomic mass is 10.1. The standard InChI is InChI=1S/C19H40NO2PS/c1-4-7-10-12-13-15-18-20(17-14-9-6-3)23(21,22)24-19-16-11-8-5-2/h4H,1,5-19H2,2-3H3,(H,21,22). The van der Waals surface area contributed by atoms with Crippen LogP contribution in [0.4, 0.5) is 0 Å². The third-order valence-electron chi connectivity index (χ3n) is 4.21. The van der Waals surface area contributed by atoms with Crippen molar-refractivity contribution in [3.8, 4) is 0 Å². The van der Waals surface area contributed by atoms with E-state index in [1.165, 1.54) is 43.5 Å². The van der Waals surface area contributed by atoms with Gasteiger partial charge in [0.25, 0.3) is 0 Å². The number of hydrogen-bond acceptors (Lipinski definition) is 2. The van der Waals surface area contributed by atoms with Crippen LogP contribution in [0.2, 0.25) is 0 Å². The van der Waals surface area contributed by atoms with Crippen LogP contribution in [0.3, 0.4) is 0 Å². The lowest BCUT2D eigenvalue weighted by Gasteiger charge is -2.26. The van der Waals surface area contributed by atoms with Gasteiger partial charge in [-0.3, -0.25) is 4.57 Å². The van der Waals surface area contributed by atoms with E-state index in [2.05, 4.69) is 20.4 Å². The minimum absolute atomic E-state index is 0.757. The summed E-state index contributed by atoms with van der Waals surface area (Å²) in [6.45, 7) is 6.41. The van der Waals surface area contributed by atoms with Crippen LogP contribution in [0.5, 0.6) is 0 Å². The highest BCUT2D eigenvalue weighted by molar-refractivity contribution is 8.55. The Morgan fingerprint density at radius 1 is 0.917 bits per heavy atom. The molecule has 24 heavy (non-hydrogen) atoms. The number of allylic oxidation sites excluding steroid dienone is 1. The Kier molecular flexibility index (Phi) is 16.9. The molecule has 5 heteroatoms. The molecule has 1 atom stereocenters. The second kappa shape index (κ2) is 16.7. The van der Waals surface area contributed by atoms with E-state index in [1.54, 1.807) is 0 Å². The molecular weight excluding hydrogens is 337 g/mol. The zero-order valence-corrected chi connectivity index (χ0v) is 17.8. The summed E-state index contributed by atoms with van der Waals surface area (Å²) in [5, 5.41) is 0. The van der Waals surface area contributed by atoms with Gasteiger partial charge in [0.15, 0.2) is 0 Å². The van der Waals surface area contributed by atoms with Crippen LogP contribution in [0.25, 0.3) is 0 Å². The summed E-state index contributed by atoms with van der Waals surface area (Å²) in [6, 6.07) is 0. The number of unbranched alkanes of at least 4 members (excludes halogenated alkanes) is 9. The van der Waals surface area contributed by atoms with Crippen molar-refractivity contribution in [2.24, 2.45) is 0 Å². The van der Waals surface area contributed by atoms with Gasteiger partial charge in [-0.25, -0.2) is 4.67 Å². The van der Waals surface area contributed by atoms with Crippen molar-refractivity contribution in [1.29, 1.82) is 0 Å². The summed E-state index contributed by atoms with van der Waals surface area (Å²) in [7, 11) is 0. The predicted octanol–water partition coefficient (Wildman–Crippen LogP) is 7.03. The molecule has 1 unspecified atom stereocenters. The van der Waals surface area contributed by atoms with E-state index >= 15 is 0 Å². The topological polar surface area (TPSA) is 40.5 Å². The first-order valence-corrected chi connectivity index (χ1v) is 13.1. The third kappa shape index (κ3) is 13.5. The zero-order chi connectivity index (χ0) is 18.1. The predicted molar refractivity (Wildman–Crippen MR) is 111 cm³/mol. The molecule has 0 rings (SSSR count). The van der Waals surface area contributed by atoms with E-state index < -0.39 is 6.72 Å². The van der Waals surface area contributed by atoms with E-state index in [-0.39, 0.29) is 0 Å². The summed E-state index contributed by atoms with van der Waals surface area (Å²) in [5.41, 5.74) is 0. The molecule has 0 saturated carbocycles. The van der Waals surface area contributed by atoms with Crippen molar-refractivity contribution in [2.75, 3.05) is 18.8 Å². The second-order valence-corrected chi connectivity index (χ2v) is 11.0. The van der Waals surface area contributed by atoms with E-state index in [0.29, 0.717) is 0 Å². The van der Waals surface area contributed by atoms with Crippen molar-refractivity contribution in [3.05, 3.63) is 12.7 Å². The normalized spacial score (nSPS) is 14.0. The molecule has 0 saturated heterocycles. The number of nitrogens with zero attached hydrogens (tertiary/aromatic N) is 1. The van der Waals surface area contributed by atoms with Gasteiger partial charge in [0.1, 0.15) is 0 Å². The number of rotatable bonds is 18. The van der Waals surface area contributed by atoms with Gasteiger partial charge in [-0.15, -0.1) is 6.58 Å². The largest absolute Gasteiger partial charge is 0.326 e. The lowest BCUT2D eigenvalue weighted by Crippen LogP contribution is -2.22. The summed E-state index contributed by atoms with van der Waals surface area (Å²) in [6.07, 6.45) is 15.5. The SMILES string of the molecule is C=CCCCCCCN(CCCCC)P(=O)(O)SCCCCCC. The first kappa shape index (κ1) is 24.2. The van der Waals surface area contributed by atoms with E-state index in [4.69, 9.17) is 0 Å². The van der Waals surface area contributed by atoms with Crippen molar-refractivity contribution in [2.45, 2.75) is 90.9 Å². The van der Waals surface area contributed by atoms with Crippen LogP contribution in [-0.4, -0.2) is 28.4 Å². The van der Waals surface area contributed by atoms with Gasteiger partial charge >= 0.3 is 6.72 Å². The molecule has 0 aliphatic heterocycles. The van der Waals surface area contributed by atoms with E-state index in [0.717, 1.165) is 63.8 Å². The molecule has 0 aliphatic carbocycles. The highest BCUT2D eigenvalue weighted by Gasteiger charge is 2.27. The fourth-order valence-electron chi connectivity index (χ4n) is 2.64. The molecule has 0 heterocycles. The smallest absolute Gasteiger partial charge is 0.326 e. The first-order chi connectivity index (χ1) is 11.6. The lowest BCUT2D eigenvalue weighted by molar-refractivity contribution is 0.346. The summed E-state index contributed by atoms with van der Waals surface area (Å²) >= 11 is 1.29. The monoisotopic (exact) mass is 377 g/mol. The molecule has 3 nitrogen and oxygen atoms in total. The molecule has 0 radical (unpaired) electrons. The van der Waals surface area contributed by atoms with Gasteiger partial charge in [-0.2, -0.15) is 0 Å². The van der Waals surface area contributed by atoms with Crippen molar-refractivity contribution < 1.29 is 9.46 Å². The van der Waals surface area contributed by atoms with Gasteiger partial charge in [-0.1, -0.05) is 76.3 Å². The third-order valence-corrected chi connectivity index (χ3v) is 8.38. The average Bonchev–Trinajstić information content (AvgIpc) is 2.56. The molecular formula is C19H40NO2PS. The summed E-state index contributed by atoms with van der Waals surface area (Å²) in [5.74, 6) is 0.803. The Morgan fingerprint density at radius 3 is 2.08 bits per heavy atom. The molecule has 0 aromatic rings. The van der Waals surface area contributed by atoms with Gasteiger partial charge < -0.3 is 4.89 Å². The fourth-order valence-corrected chi connectivity index (χ4v) is 6.24. The summed E-state index contributed by atoms with van der Waals surface area (Å²) < 4.78 is 14.6. The minimum atomic E-state index is -3.22. The Bertz CT molecular complexity index is 339. The molecule has 0 amide bonds. The summed E-state index contributed by atoms with van der Waals surface area (Å²) in [4.78, 5) is 10.5.